The van der Waals surface area contributed by atoms with E-state index in [4.69, 9.17) is 0 Å². The Balaban J connectivity index is 2.03. The molecular weight excluding hydrogens is 333 g/mol. The SMILES string of the molecule is CCN(C(=O)c1ccc(F)cc1)C(C)c1nc2ccccc2c(=O)n1C. The van der Waals surface area contributed by atoms with E-state index in [-0.39, 0.29) is 11.5 Å². The number of amides is 1. The fraction of sp³-hybridized carbons (Fsp3) is 0.250. The molecule has 3 rings (SSSR count). The van der Waals surface area contributed by atoms with Gasteiger partial charge < -0.3 is 4.90 Å². The Morgan fingerprint density at radius 1 is 1.19 bits per heavy atom. The monoisotopic (exact) mass is 353 g/mol. The van der Waals surface area contributed by atoms with Crippen LogP contribution in [0.2, 0.25) is 0 Å². The Bertz CT molecular complexity index is 1010. The maximum Gasteiger partial charge on any atom is 0.261 e. The van der Waals surface area contributed by atoms with Crippen LogP contribution in [0.5, 0.6) is 0 Å². The molecule has 0 spiro atoms. The third-order valence-corrected chi connectivity index (χ3v) is 4.55. The van der Waals surface area contributed by atoms with E-state index in [0.717, 1.165) is 0 Å². The van der Waals surface area contributed by atoms with Crippen molar-refractivity contribution < 1.29 is 9.18 Å². The lowest BCUT2D eigenvalue weighted by Gasteiger charge is -2.29. The summed E-state index contributed by atoms with van der Waals surface area (Å²) in [7, 11) is 1.66. The van der Waals surface area contributed by atoms with Crippen LogP contribution in [-0.4, -0.2) is 26.9 Å². The van der Waals surface area contributed by atoms with Crippen LogP contribution in [0.1, 0.15) is 36.1 Å². The highest BCUT2D eigenvalue weighted by Gasteiger charge is 2.25. The van der Waals surface area contributed by atoms with Crippen LogP contribution >= 0.6 is 0 Å². The minimum atomic E-state index is -0.417. The van der Waals surface area contributed by atoms with Gasteiger partial charge in [0, 0.05) is 19.2 Å². The quantitative estimate of drug-likeness (QED) is 0.723. The minimum Gasteiger partial charge on any atom is -0.329 e. The van der Waals surface area contributed by atoms with Gasteiger partial charge in [0.15, 0.2) is 0 Å². The first kappa shape index (κ1) is 17.8. The Labute approximate surface area is 150 Å². The Hall–Kier alpha value is -3.02. The lowest BCUT2D eigenvalue weighted by atomic mass is 10.1. The second kappa shape index (κ2) is 7.07. The predicted molar refractivity (Wildman–Crippen MR) is 98.5 cm³/mol. The standard InChI is InChI=1S/C20H20FN3O2/c1-4-24(19(25)14-9-11-15(21)12-10-14)13(2)18-22-17-8-6-5-7-16(17)20(26)23(18)3/h5-13H,4H2,1-3H3. The molecule has 0 N–H and O–H groups in total. The van der Waals surface area contributed by atoms with Crippen LogP contribution < -0.4 is 5.56 Å². The molecule has 1 aromatic heterocycles. The highest BCUT2D eigenvalue weighted by molar-refractivity contribution is 5.94. The maximum atomic E-state index is 13.1. The summed E-state index contributed by atoms with van der Waals surface area (Å²) in [4.78, 5) is 31.7. The number of carbonyl (C=O) groups is 1. The molecule has 3 aromatic rings. The molecule has 6 heteroatoms. The summed E-state index contributed by atoms with van der Waals surface area (Å²) in [5.74, 6) is -0.121. The van der Waals surface area contributed by atoms with Crippen molar-refractivity contribution in [3.63, 3.8) is 0 Å². The molecular formula is C20H20FN3O2. The summed E-state index contributed by atoms with van der Waals surface area (Å²) in [5, 5.41) is 0.541. The highest BCUT2D eigenvalue weighted by Crippen LogP contribution is 2.21. The zero-order chi connectivity index (χ0) is 18.8. The van der Waals surface area contributed by atoms with Crippen LogP contribution in [0.3, 0.4) is 0 Å². The summed E-state index contributed by atoms with van der Waals surface area (Å²) in [5.41, 5.74) is 0.844. The Morgan fingerprint density at radius 3 is 2.50 bits per heavy atom. The number of aromatic nitrogens is 2. The number of rotatable bonds is 4. The van der Waals surface area contributed by atoms with Gasteiger partial charge in [0.2, 0.25) is 0 Å². The van der Waals surface area contributed by atoms with Gasteiger partial charge in [-0.3, -0.25) is 14.2 Å². The average molecular weight is 353 g/mol. The van der Waals surface area contributed by atoms with Gasteiger partial charge in [-0.25, -0.2) is 9.37 Å². The van der Waals surface area contributed by atoms with Crippen molar-refractivity contribution in [2.75, 3.05) is 6.54 Å². The van der Waals surface area contributed by atoms with Crippen molar-refractivity contribution in [3.8, 4) is 0 Å². The van der Waals surface area contributed by atoms with E-state index in [1.54, 1.807) is 30.1 Å². The van der Waals surface area contributed by atoms with E-state index in [0.29, 0.717) is 28.8 Å². The number of fused-ring (bicyclic) bond motifs is 1. The largest absolute Gasteiger partial charge is 0.329 e. The average Bonchev–Trinajstić information content (AvgIpc) is 2.65. The molecule has 0 radical (unpaired) electrons. The lowest BCUT2D eigenvalue weighted by molar-refractivity contribution is 0.0692. The maximum absolute atomic E-state index is 13.1. The second-order valence-electron chi connectivity index (χ2n) is 6.13. The van der Waals surface area contributed by atoms with E-state index in [9.17, 15) is 14.0 Å². The molecule has 0 fully saturated rings. The fourth-order valence-electron chi connectivity index (χ4n) is 3.10. The van der Waals surface area contributed by atoms with Gasteiger partial charge in [-0.05, 0) is 50.2 Å². The molecule has 0 aliphatic rings. The van der Waals surface area contributed by atoms with Crippen molar-refractivity contribution in [3.05, 3.63) is 76.1 Å². The highest BCUT2D eigenvalue weighted by atomic mass is 19.1. The second-order valence-corrected chi connectivity index (χ2v) is 6.13. The van der Waals surface area contributed by atoms with E-state index in [2.05, 4.69) is 4.98 Å². The van der Waals surface area contributed by atoms with E-state index in [1.807, 2.05) is 19.9 Å². The molecule has 0 aliphatic carbocycles. The van der Waals surface area contributed by atoms with Crippen molar-refractivity contribution in [2.24, 2.45) is 7.05 Å². The Kier molecular flexibility index (Phi) is 4.84. The van der Waals surface area contributed by atoms with Gasteiger partial charge in [-0.2, -0.15) is 0 Å². The number of hydrogen-bond donors (Lipinski definition) is 0. The summed E-state index contributed by atoms with van der Waals surface area (Å²) in [6.07, 6.45) is 0. The summed E-state index contributed by atoms with van der Waals surface area (Å²) in [6.45, 7) is 4.12. The summed E-state index contributed by atoms with van der Waals surface area (Å²) >= 11 is 0. The minimum absolute atomic E-state index is 0.150. The first-order chi connectivity index (χ1) is 12.4. The zero-order valence-electron chi connectivity index (χ0n) is 14.9. The third-order valence-electron chi connectivity index (χ3n) is 4.55. The third kappa shape index (κ3) is 3.10. The Morgan fingerprint density at radius 2 is 1.85 bits per heavy atom. The van der Waals surface area contributed by atoms with Crippen molar-refractivity contribution in [1.29, 1.82) is 0 Å². The van der Waals surface area contributed by atoms with Crippen LogP contribution in [0.4, 0.5) is 4.39 Å². The molecule has 1 amide bonds. The number of benzene rings is 2. The number of halogens is 1. The first-order valence-corrected chi connectivity index (χ1v) is 8.46. The van der Waals surface area contributed by atoms with Gasteiger partial charge in [0.05, 0.1) is 16.9 Å². The number of para-hydroxylation sites is 1. The molecule has 1 atom stereocenters. The van der Waals surface area contributed by atoms with Crippen LogP contribution in [-0.2, 0) is 7.05 Å². The smallest absolute Gasteiger partial charge is 0.261 e. The van der Waals surface area contributed by atoms with Crippen LogP contribution in [0, 0.1) is 5.82 Å². The van der Waals surface area contributed by atoms with Crippen molar-refractivity contribution in [1.82, 2.24) is 14.5 Å². The topological polar surface area (TPSA) is 55.2 Å². The number of hydrogen-bond acceptors (Lipinski definition) is 3. The molecule has 0 aliphatic heterocycles. The number of carbonyl (C=O) groups excluding carboxylic acids is 1. The van der Waals surface area contributed by atoms with Crippen LogP contribution in [0.25, 0.3) is 10.9 Å². The molecule has 5 nitrogen and oxygen atoms in total. The molecule has 1 heterocycles. The first-order valence-electron chi connectivity index (χ1n) is 8.46. The van der Waals surface area contributed by atoms with Crippen molar-refractivity contribution >= 4 is 16.8 Å². The number of nitrogens with zero attached hydrogens (tertiary/aromatic N) is 3. The predicted octanol–water partition coefficient (Wildman–Crippen LogP) is 3.30. The fourth-order valence-corrected chi connectivity index (χ4v) is 3.10. The molecule has 0 saturated carbocycles. The molecule has 0 bridgehead atoms. The van der Waals surface area contributed by atoms with Crippen LogP contribution in [0.15, 0.2) is 53.3 Å². The summed E-state index contributed by atoms with van der Waals surface area (Å²) < 4.78 is 14.6. The van der Waals surface area contributed by atoms with Crippen molar-refractivity contribution in [2.45, 2.75) is 19.9 Å². The van der Waals surface area contributed by atoms with Gasteiger partial charge in [-0.1, -0.05) is 12.1 Å². The van der Waals surface area contributed by atoms with Gasteiger partial charge in [-0.15, -0.1) is 0 Å². The molecule has 134 valence electrons. The zero-order valence-corrected chi connectivity index (χ0v) is 14.9. The molecule has 2 aromatic carbocycles. The van der Waals surface area contributed by atoms with Gasteiger partial charge in [0.25, 0.3) is 11.5 Å². The molecule has 26 heavy (non-hydrogen) atoms. The van der Waals surface area contributed by atoms with E-state index in [1.165, 1.54) is 28.8 Å². The lowest BCUT2D eigenvalue weighted by Crippen LogP contribution is -2.37. The van der Waals surface area contributed by atoms with E-state index < -0.39 is 11.9 Å². The van der Waals surface area contributed by atoms with Gasteiger partial charge >= 0.3 is 0 Å². The molecule has 0 saturated heterocycles. The molecule has 1 unspecified atom stereocenters. The van der Waals surface area contributed by atoms with Gasteiger partial charge in [0.1, 0.15) is 11.6 Å². The summed E-state index contributed by atoms with van der Waals surface area (Å²) in [6, 6.07) is 12.2. The normalized spacial score (nSPS) is 12.2. The van der Waals surface area contributed by atoms with E-state index >= 15 is 0 Å².